The van der Waals surface area contributed by atoms with Gasteiger partial charge < -0.3 is 14.5 Å². The first-order valence-corrected chi connectivity index (χ1v) is 10.0. The number of carbonyl (C=O) groups is 3. The topological polar surface area (TPSA) is 79.8 Å². The van der Waals surface area contributed by atoms with E-state index in [4.69, 9.17) is 4.74 Å². The van der Waals surface area contributed by atoms with Gasteiger partial charge in [-0.15, -0.1) is 0 Å². The molecule has 1 aliphatic carbocycles. The van der Waals surface area contributed by atoms with Crippen molar-refractivity contribution in [1.82, 2.24) is 9.88 Å². The van der Waals surface area contributed by atoms with E-state index in [9.17, 15) is 14.4 Å². The number of hydrogen-bond donors (Lipinski definition) is 0. The lowest BCUT2D eigenvalue weighted by Crippen LogP contribution is -2.36. The number of ketones is 2. The number of amides is 1. The Kier molecular flexibility index (Phi) is 4.30. The molecule has 1 aromatic heterocycles. The van der Waals surface area contributed by atoms with Crippen molar-refractivity contribution >= 4 is 29.0 Å². The zero-order chi connectivity index (χ0) is 20.0. The average Bonchev–Trinajstić information content (AvgIpc) is 3.06. The highest BCUT2D eigenvalue weighted by Gasteiger charge is 2.30. The Labute approximate surface area is 168 Å². The van der Waals surface area contributed by atoms with Crippen molar-refractivity contribution in [3.8, 4) is 5.75 Å². The Balaban J connectivity index is 1.46. The molecule has 2 aromatic rings. The van der Waals surface area contributed by atoms with Crippen molar-refractivity contribution in [3.05, 3.63) is 47.2 Å². The molecule has 3 heterocycles. The Hall–Kier alpha value is -3.22. The number of anilines is 2. The van der Waals surface area contributed by atoms with Crippen molar-refractivity contribution in [3.63, 3.8) is 0 Å². The summed E-state index contributed by atoms with van der Waals surface area (Å²) in [5.74, 6) is 0.890. The third-order valence-electron chi connectivity index (χ3n) is 5.79. The fraction of sp³-hybridized carbons (Fsp3) is 0.364. The quantitative estimate of drug-likeness (QED) is 0.732. The molecule has 0 atom stereocenters. The van der Waals surface area contributed by atoms with Crippen LogP contribution in [0.4, 0.5) is 11.5 Å². The van der Waals surface area contributed by atoms with Gasteiger partial charge in [-0.05, 0) is 43.5 Å². The fourth-order valence-electron chi connectivity index (χ4n) is 4.26. The number of hydrogen-bond acceptors (Lipinski definition) is 6. The van der Waals surface area contributed by atoms with Gasteiger partial charge in [-0.1, -0.05) is 0 Å². The Bertz CT molecular complexity index is 1030. The van der Waals surface area contributed by atoms with Crippen LogP contribution >= 0.6 is 0 Å². The minimum Gasteiger partial charge on any atom is -0.488 e. The average molecular weight is 391 g/mol. The van der Waals surface area contributed by atoms with Crippen LogP contribution in [-0.4, -0.2) is 53.6 Å². The minimum absolute atomic E-state index is 0.0117. The van der Waals surface area contributed by atoms with Crippen LogP contribution in [0.25, 0.3) is 0 Å². The van der Waals surface area contributed by atoms with E-state index in [0.717, 1.165) is 31.6 Å². The molecular formula is C22H21N3O4. The molecule has 0 bridgehead atoms. The molecule has 3 aliphatic rings. The summed E-state index contributed by atoms with van der Waals surface area (Å²) in [7, 11) is 0. The molecule has 1 amide bonds. The largest absolute Gasteiger partial charge is 0.488 e. The molecule has 29 heavy (non-hydrogen) atoms. The number of carbonyl (C=O) groups excluding carboxylic acids is 3. The van der Waals surface area contributed by atoms with E-state index in [1.165, 1.54) is 6.42 Å². The molecule has 0 radical (unpaired) electrons. The number of Topliss-reactive ketones (excluding diaryl/α,β-unsaturated/α-hetero) is 2. The van der Waals surface area contributed by atoms with E-state index >= 15 is 0 Å². The third-order valence-corrected chi connectivity index (χ3v) is 5.79. The molecule has 0 spiro atoms. The van der Waals surface area contributed by atoms with E-state index < -0.39 is 0 Å². The van der Waals surface area contributed by atoms with E-state index in [2.05, 4.69) is 4.98 Å². The van der Waals surface area contributed by atoms with Gasteiger partial charge in [0.1, 0.15) is 6.61 Å². The standard InChI is InChI=1S/C22H21N3O4/c26-18-12-19(27)17-11-15(4-5-16(17)18)25-8-9-29-20-10-14(13-23-21(20)25)22(28)24-6-2-1-3-7-24/h4-5,10-11,13H,1-3,6-9,12H2. The molecule has 7 nitrogen and oxygen atoms in total. The second-order valence-corrected chi connectivity index (χ2v) is 7.65. The highest BCUT2D eigenvalue weighted by molar-refractivity contribution is 6.24. The normalized spacial score (nSPS) is 18.3. The Morgan fingerprint density at radius 2 is 1.76 bits per heavy atom. The molecule has 5 rings (SSSR count). The molecule has 2 aliphatic heterocycles. The van der Waals surface area contributed by atoms with Gasteiger partial charge in [0.05, 0.1) is 18.5 Å². The SMILES string of the molecule is O=C1CC(=O)c2cc(N3CCOc4cc(C(=O)N5CCCCC5)cnc43)ccc21. The first kappa shape index (κ1) is 17.8. The van der Waals surface area contributed by atoms with E-state index in [1.807, 2.05) is 15.9 Å². The summed E-state index contributed by atoms with van der Waals surface area (Å²) in [5.41, 5.74) is 2.28. The maximum Gasteiger partial charge on any atom is 0.255 e. The summed E-state index contributed by atoms with van der Waals surface area (Å²) in [6.07, 6.45) is 4.78. The number of pyridine rings is 1. The van der Waals surface area contributed by atoms with Gasteiger partial charge in [0.15, 0.2) is 23.1 Å². The van der Waals surface area contributed by atoms with Crippen molar-refractivity contribution in [2.24, 2.45) is 0 Å². The number of aromatic nitrogens is 1. The minimum atomic E-state index is -0.143. The third kappa shape index (κ3) is 3.06. The van der Waals surface area contributed by atoms with E-state index in [-0.39, 0.29) is 23.9 Å². The number of fused-ring (bicyclic) bond motifs is 2. The van der Waals surface area contributed by atoms with Gasteiger partial charge in [0.25, 0.3) is 5.91 Å². The molecule has 0 N–H and O–H groups in total. The maximum atomic E-state index is 12.8. The highest BCUT2D eigenvalue weighted by Crippen LogP contribution is 2.37. The molecule has 7 heteroatoms. The first-order valence-electron chi connectivity index (χ1n) is 10.0. The maximum absolute atomic E-state index is 12.8. The van der Waals surface area contributed by atoms with E-state index in [0.29, 0.717) is 41.4 Å². The van der Waals surface area contributed by atoms with Gasteiger partial charge in [0.2, 0.25) is 0 Å². The summed E-state index contributed by atoms with van der Waals surface area (Å²) in [6, 6.07) is 7.06. The lowest BCUT2D eigenvalue weighted by molar-refractivity contribution is 0.0722. The molecule has 0 unspecified atom stereocenters. The number of benzene rings is 1. The monoisotopic (exact) mass is 391 g/mol. The Morgan fingerprint density at radius 3 is 2.59 bits per heavy atom. The number of rotatable bonds is 2. The van der Waals surface area contributed by atoms with Crippen LogP contribution < -0.4 is 9.64 Å². The molecule has 1 fully saturated rings. The smallest absolute Gasteiger partial charge is 0.255 e. The molecular weight excluding hydrogens is 370 g/mol. The zero-order valence-corrected chi connectivity index (χ0v) is 16.0. The lowest BCUT2D eigenvalue weighted by Gasteiger charge is -2.31. The number of piperidine rings is 1. The van der Waals surface area contributed by atoms with Crippen LogP contribution in [0.3, 0.4) is 0 Å². The lowest BCUT2D eigenvalue weighted by atomic mass is 10.1. The van der Waals surface area contributed by atoms with Crippen molar-refractivity contribution in [2.75, 3.05) is 31.1 Å². The highest BCUT2D eigenvalue weighted by atomic mass is 16.5. The van der Waals surface area contributed by atoms with Gasteiger partial charge in [-0.3, -0.25) is 14.4 Å². The second kappa shape index (κ2) is 6.99. The van der Waals surface area contributed by atoms with Crippen LogP contribution in [0.5, 0.6) is 5.75 Å². The summed E-state index contributed by atoms with van der Waals surface area (Å²) in [6.45, 7) is 2.58. The predicted molar refractivity (Wildman–Crippen MR) is 106 cm³/mol. The molecule has 148 valence electrons. The Morgan fingerprint density at radius 1 is 0.966 bits per heavy atom. The van der Waals surface area contributed by atoms with Gasteiger partial charge in [-0.2, -0.15) is 0 Å². The van der Waals surface area contributed by atoms with Crippen LogP contribution in [0.15, 0.2) is 30.5 Å². The number of likely N-dealkylation sites (tertiary alicyclic amines) is 1. The summed E-state index contributed by atoms with van der Waals surface area (Å²) in [4.78, 5) is 45.1. The van der Waals surface area contributed by atoms with Crippen LogP contribution in [0.2, 0.25) is 0 Å². The predicted octanol–water partition coefficient (Wildman–Crippen LogP) is 3.01. The zero-order valence-electron chi connectivity index (χ0n) is 16.0. The number of ether oxygens (including phenoxy) is 1. The molecule has 1 aromatic carbocycles. The van der Waals surface area contributed by atoms with Gasteiger partial charge in [0, 0.05) is 36.1 Å². The molecule has 0 saturated carbocycles. The van der Waals surface area contributed by atoms with Crippen LogP contribution in [-0.2, 0) is 0 Å². The summed E-state index contributed by atoms with van der Waals surface area (Å²) < 4.78 is 5.79. The van der Waals surface area contributed by atoms with Gasteiger partial charge >= 0.3 is 0 Å². The van der Waals surface area contributed by atoms with Gasteiger partial charge in [-0.25, -0.2) is 4.98 Å². The number of nitrogens with zero attached hydrogens (tertiary/aromatic N) is 3. The first-order chi connectivity index (χ1) is 14.1. The van der Waals surface area contributed by atoms with Crippen molar-refractivity contribution in [1.29, 1.82) is 0 Å². The fourth-order valence-corrected chi connectivity index (χ4v) is 4.26. The second-order valence-electron chi connectivity index (χ2n) is 7.65. The summed E-state index contributed by atoms with van der Waals surface area (Å²) >= 11 is 0. The van der Waals surface area contributed by atoms with Crippen LogP contribution in [0.1, 0.15) is 56.8 Å². The molecule has 1 saturated heterocycles. The van der Waals surface area contributed by atoms with E-state index in [1.54, 1.807) is 24.4 Å². The van der Waals surface area contributed by atoms with Crippen molar-refractivity contribution in [2.45, 2.75) is 25.7 Å². The van der Waals surface area contributed by atoms with Crippen LogP contribution in [0, 0.1) is 0 Å². The summed E-state index contributed by atoms with van der Waals surface area (Å²) in [5, 5.41) is 0. The van der Waals surface area contributed by atoms with Crippen molar-refractivity contribution < 1.29 is 19.1 Å².